The Balaban J connectivity index is 2.61. The standard InChI is InChI=1S/C12H6Br2F4/c13-11(15,16)9-3-1-7-2-4-10(12(14,17)18)6-8(7)5-9/h1-6H. The second-order valence-corrected chi connectivity index (χ2v) is 5.76. The molecule has 0 bridgehead atoms. The van der Waals surface area contributed by atoms with Crippen molar-refractivity contribution in [1.29, 1.82) is 0 Å². The van der Waals surface area contributed by atoms with Crippen molar-refractivity contribution >= 4 is 42.6 Å². The molecule has 96 valence electrons. The van der Waals surface area contributed by atoms with Crippen LogP contribution in [0.15, 0.2) is 36.4 Å². The van der Waals surface area contributed by atoms with Gasteiger partial charge in [-0.05, 0) is 54.8 Å². The third kappa shape index (κ3) is 2.85. The monoisotopic (exact) mass is 384 g/mol. The van der Waals surface area contributed by atoms with Gasteiger partial charge in [-0.3, -0.25) is 0 Å². The maximum absolute atomic E-state index is 13.1. The Morgan fingerprint density at radius 1 is 0.667 bits per heavy atom. The number of hydrogen-bond acceptors (Lipinski definition) is 0. The van der Waals surface area contributed by atoms with E-state index in [1.165, 1.54) is 36.4 Å². The molecule has 0 heterocycles. The Morgan fingerprint density at radius 2 is 1.06 bits per heavy atom. The number of fused-ring (bicyclic) bond motifs is 1. The summed E-state index contributed by atoms with van der Waals surface area (Å²) in [7, 11) is 0. The van der Waals surface area contributed by atoms with Gasteiger partial charge in [0.05, 0.1) is 0 Å². The van der Waals surface area contributed by atoms with E-state index < -0.39 is 9.66 Å². The van der Waals surface area contributed by atoms with E-state index in [2.05, 4.69) is 31.9 Å². The van der Waals surface area contributed by atoms with Crippen LogP contribution in [-0.4, -0.2) is 0 Å². The summed E-state index contributed by atoms with van der Waals surface area (Å²) < 4.78 is 52.3. The van der Waals surface area contributed by atoms with Crippen LogP contribution in [0.5, 0.6) is 0 Å². The van der Waals surface area contributed by atoms with E-state index >= 15 is 0 Å². The van der Waals surface area contributed by atoms with E-state index in [1.807, 2.05) is 0 Å². The van der Waals surface area contributed by atoms with Gasteiger partial charge in [-0.2, -0.15) is 17.6 Å². The first-order valence-electron chi connectivity index (χ1n) is 4.86. The predicted molar refractivity (Wildman–Crippen MR) is 69.6 cm³/mol. The van der Waals surface area contributed by atoms with Crippen molar-refractivity contribution < 1.29 is 17.6 Å². The maximum atomic E-state index is 13.1. The molecule has 6 heteroatoms. The minimum Gasteiger partial charge on any atom is -0.188 e. The van der Waals surface area contributed by atoms with Crippen molar-refractivity contribution in [2.24, 2.45) is 0 Å². The van der Waals surface area contributed by atoms with Gasteiger partial charge in [0.25, 0.3) is 0 Å². The molecule has 0 aliphatic heterocycles. The molecule has 0 amide bonds. The largest absolute Gasteiger partial charge is 0.326 e. The second-order valence-electron chi connectivity index (χ2n) is 3.77. The molecular formula is C12H6Br2F4. The van der Waals surface area contributed by atoms with E-state index in [9.17, 15) is 17.6 Å². The SMILES string of the molecule is FC(F)(Br)c1ccc2ccc(C(F)(F)Br)cc2c1. The summed E-state index contributed by atoms with van der Waals surface area (Å²) >= 11 is 4.48. The van der Waals surface area contributed by atoms with Gasteiger partial charge in [0, 0.05) is 11.1 Å². The van der Waals surface area contributed by atoms with Gasteiger partial charge < -0.3 is 0 Å². The first kappa shape index (κ1) is 13.8. The van der Waals surface area contributed by atoms with Crippen LogP contribution in [0.2, 0.25) is 0 Å². The lowest BCUT2D eigenvalue weighted by Gasteiger charge is -2.12. The highest BCUT2D eigenvalue weighted by Gasteiger charge is 2.29. The van der Waals surface area contributed by atoms with Gasteiger partial charge in [0.2, 0.25) is 0 Å². The first-order valence-corrected chi connectivity index (χ1v) is 6.45. The van der Waals surface area contributed by atoms with E-state index in [4.69, 9.17) is 0 Å². The summed E-state index contributed by atoms with van der Waals surface area (Å²) in [6.45, 7) is 0. The molecule has 0 saturated carbocycles. The molecule has 0 radical (unpaired) electrons. The number of rotatable bonds is 2. The number of benzene rings is 2. The zero-order valence-corrected chi connectivity index (χ0v) is 11.9. The van der Waals surface area contributed by atoms with Gasteiger partial charge in [0.15, 0.2) is 0 Å². The van der Waals surface area contributed by atoms with Crippen LogP contribution in [0, 0.1) is 0 Å². The molecule has 0 unspecified atom stereocenters. The molecule has 0 saturated heterocycles. The Labute approximate surface area is 117 Å². The quantitative estimate of drug-likeness (QED) is 0.457. The number of halogens is 6. The molecule has 0 fully saturated rings. The molecule has 0 spiro atoms. The van der Waals surface area contributed by atoms with Crippen LogP contribution in [0.25, 0.3) is 10.8 Å². The molecule has 2 rings (SSSR count). The zero-order chi connectivity index (χ0) is 13.6. The average molecular weight is 386 g/mol. The van der Waals surface area contributed by atoms with Crippen LogP contribution in [-0.2, 0) is 9.66 Å². The molecule has 2 aromatic carbocycles. The minimum atomic E-state index is -3.17. The van der Waals surface area contributed by atoms with Gasteiger partial charge in [0.1, 0.15) is 0 Å². The molecule has 18 heavy (non-hydrogen) atoms. The molecule has 0 nitrogen and oxygen atoms in total. The van der Waals surface area contributed by atoms with Crippen LogP contribution in [0.1, 0.15) is 11.1 Å². The van der Waals surface area contributed by atoms with Crippen molar-refractivity contribution in [1.82, 2.24) is 0 Å². The van der Waals surface area contributed by atoms with Crippen LogP contribution in [0.3, 0.4) is 0 Å². The smallest absolute Gasteiger partial charge is 0.188 e. The van der Waals surface area contributed by atoms with Crippen LogP contribution >= 0.6 is 31.9 Å². The number of hydrogen-bond donors (Lipinski definition) is 0. The predicted octanol–water partition coefficient (Wildman–Crippen LogP) is 5.73. The molecule has 0 atom stereocenters. The van der Waals surface area contributed by atoms with Gasteiger partial charge in [-0.1, -0.05) is 24.3 Å². The van der Waals surface area contributed by atoms with E-state index in [1.54, 1.807) is 0 Å². The van der Waals surface area contributed by atoms with Crippen LogP contribution in [0.4, 0.5) is 17.6 Å². The fourth-order valence-corrected chi connectivity index (χ4v) is 2.09. The minimum absolute atomic E-state index is 0.273. The summed E-state index contributed by atoms with van der Waals surface area (Å²) in [5.74, 6) is 0. The molecule has 0 N–H and O–H groups in total. The van der Waals surface area contributed by atoms with Gasteiger partial charge in [-0.15, -0.1) is 0 Å². The van der Waals surface area contributed by atoms with Gasteiger partial charge >= 0.3 is 9.66 Å². The Kier molecular flexibility index (Phi) is 3.44. The maximum Gasteiger partial charge on any atom is 0.326 e. The Morgan fingerprint density at radius 3 is 1.39 bits per heavy atom. The highest BCUT2D eigenvalue weighted by atomic mass is 79.9. The highest BCUT2D eigenvalue weighted by Crippen LogP contribution is 2.38. The van der Waals surface area contributed by atoms with E-state index in [-0.39, 0.29) is 11.1 Å². The summed E-state index contributed by atoms with van der Waals surface area (Å²) in [5.41, 5.74) is -0.546. The van der Waals surface area contributed by atoms with Crippen LogP contribution < -0.4 is 0 Å². The average Bonchev–Trinajstić information content (AvgIpc) is 2.25. The normalized spacial score (nSPS) is 13.0. The van der Waals surface area contributed by atoms with Crippen molar-refractivity contribution in [2.45, 2.75) is 9.66 Å². The summed E-state index contributed by atoms with van der Waals surface area (Å²) in [6.07, 6.45) is 0. The lowest BCUT2D eigenvalue weighted by molar-refractivity contribution is 0.114. The van der Waals surface area contributed by atoms with Crippen molar-refractivity contribution in [3.05, 3.63) is 47.5 Å². The topological polar surface area (TPSA) is 0 Å². The first-order chi connectivity index (χ1) is 8.18. The Hall–Kier alpha value is -0.620. The lowest BCUT2D eigenvalue weighted by atomic mass is 10.0. The number of alkyl halides is 6. The van der Waals surface area contributed by atoms with E-state index in [0.29, 0.717) is 10.8 Å². The Bertz CT molecular complexity index is 536. The van der Waals surface area contributed by atoms with Gasteiger partial charge in [-0.25, -0.2) is 0 Å². The van der Waals surface area contributed by atoms with Crippen molar-refractivity contribution in [3.63, 3.8) is 0 Å². The van der Waals surface area contributed by atoms with Crippen molar-refractivity contribution in [2.75, 3.05) is 0 Å². The molecule has 0 aromatic heterocycles. The summed E-state index contributed by atoms with van der Waals surface area (Å²) in [5, 5.41) is 0.958. The fourth-order valence-electron chi connectivity index (χ4n) is 1.60. The second kappa shape index (κ2) is 4.49. The molecule has 0 aliphatic carbocycles. The molecular weight excluding hydrogens is 380 g/mol. The summed E-state index contributed by atoms with van der Waals surface area (Å²) in [6, 6.07) is 7.82. The van der Waals surface area contributed by atoms with Crippen molar-refractivity contribution in [3.8, 4) is 0 Å². The lowest BCUT2D eigenvalue weighted by Crippen LogP contribution is -2.03. The molecule has 0 aliphatic rings. The third-order valence-electron chi connectivity index (χ3n) is 2.49. The van der Waals surface area contributed by atoms with E-state index in [0.717, 1.165) is 0 Å². The third-order valence-corrected chi connectivity index (χ3v) is 3.41. The fraction of sp³-hybridized carbons (Fsp3) is 0.167. The zero-order valence-electron chi connectivity index (χ0n) is 8.73. The molecule has 2 aromatic rings. The highest BCUT2D eigenvalue weighted by molar-refractivity contribution is 9.09. The summed E-state index contributed by atoms with van der Waals surface area (Å²) in [4.78, 5) is -6.35.